The molecule has 0 aliphatic carbocycles. The van der Waals surface area contributed by atoms with Crippen LogP contribution in [0.3, 0.4) is 0 Å². The van der Waals surface area contributed by atoms with Crippen LogP contribution in [0.2, 0.25) is 0 Å². The van der Waals surface area contributed by atoms with Gasteiger partial charge in [0.05, 0.1) is 12.4 Å². The van der Waals surface area contributed by atoms with Crippen LogP contribution in [0.4, 0.5) is 4.39 Å². The SMILES string of the molecule is NC(=S)c1cnc(Oc2cc(Br)ccc2F)cn1. The summed E-state index contributed by atoms with van der Waals surface area (Å²) in [5, 5.41) is 0. The molecule has 0 unspecified atom stereocenters. The molecular formula is C11H7BrFN3OS. The van der Waals surface area contributed by atoms with Crippen molar-refractivity contribution in [2.75, 3.05) is 0 Å². The molecule has 2 aromatic rings. The molecular weight excluding hydrogens is 321 g/mol. The Bertz CT molecular complexity index is 591. The summed E-state index contributed by atoms with van der Waals surface area (Å²) in [6.07, 6.45) is 2.70. The fraction of sp³-hybridized carbons (Fsp3) is 0. The summed E-state index contributed by atoms with van der Waals surface area (Å²) in [6.45, 7) is 0. The molecule has 1 aromatic heterocycles. The molecule has 4 nitrogen and oxygen atoms in total. The van der Waals surface area contributed by atoms with Gasteiger partial charge in [0.2, 0.25) is 5.88 Å². The zero-order chi connectivity index (χ0) is 13.1. The number of hydrogen-bond donors (Lipinski definition) is 1. The molecule has 0 aliphatic rings. The van der Waals surface area contributed by atoms with Crippen LogP contribution in [0.15, 0.2) is 35.1 Å². The van der Waals surface area contributed by atoms with Crippen LogP contribution in [0.1, 0.15) is 5.69 Å². The number of ether oxygens (including phenoxy) is 1. The number of nitrogens with zero attached hydrogens (tertiary/aromatic N) is 2. The molecule has 0 atom stereocenters. The van der Waals surface area contributed by atoms with Crippen molar-refractivity contribution in [3.05, 3.63) is 46.6 Å². The van der Waals surface area contributed by atoms with Crippen molar-refractivity contribution in [1.82, 2.24) is 9.97 Å². The van der Waals surface area contributed by atoms with Crippen molar-refractivity contribution >= 4 is 33.1 Å². The number of rotatable bonds is 3. The lowest BCUT2D eigenvalue weighted by atomic mass is 10.3. The van der Waals surface area contributed by atoms with E-state index in [1.165, 1.54) is 24.5 Å². The molecule has 1 heterocycles. The van der Waals surface area contributed by atoms with Gasteiger partial charge in [-0.15, -0.1) is 0 Å². The second kappa shape index (κ2) is 5.36. The van der Waals surface area contributed by atoms with E-state index >= 15 is 0 Å². The van der Waals surface area contributed by atoms with Crippen molar-refractivity contribution in [3.8, 4) is 11.6 Å². The molecule has 1 aromatic carbocycles. The Kier molecular flexibility index (Phi) is 3.83. The largest absolute Gasteiger partial charge is 0.434 e. The maximum Gasteiger partial charge on any atom is 0.238 e. The molecule has 18 heavy (non-hydrogen) atoms. The number of thiocarbonyl (C=S) groups is 1. The van der Waals surface area contributed by atoms with Gasteiger partial charge in [-0.25, -0.2) is 14.4 Å². The predicted octanol–water partition coefficient (Wildman–Crippen LogP) is 2.80. The van der Waals surface area contributed by atoms with Gasteiger partial charge in [0.25, 0.3) is 0 Å². The van der Waals surface area contributed by atoms with Gasteiger partial charge in [0.1, 0.15) is 10.7 Å². The standard InChI is InChI=1S/C11H7BrFN3OS/c12-6-1-2-7(13)9(3-6)17-10-5-15-8(4-16-10)11(14)18/h1-5H,(H2,14,18). The number of nitrogens with two attached hydrogens (primary N) is 1. The molecule has 0 amide bonds. The molecule has 0 spiro atoms. The van der Waals surface area contributed by atoms with E-state index in [1.54, 1.807) is 6.07 Å². The van der Waals surface area contributed by atoms with E-state index in [2.05, 4.69) is 25.9 Å². The van der Waals surface area contributed by atoms with E-state index in [-0.39, 0.29) is 16.6 Å². The molecule has 2 rings (SSSR count). The maximum absolute atomic E-state index is 13.4. The molecule has 0 fully saturated rings. The lowest BCUT2D eigenvalue weighted by molar-refractivity contribution is 0.425. The minimum atomic E-state index is -0.488. The summed E-state index contributed by atoms with van der Waals surface area (Å²) in [4.78, 5) is 8.01. The van der Waals surface area contributed by atoms with Gasteiger partial charge in [0, 0.05) is 4.47 Å². The third kappa shape index (κ3) is 2.99. The lowest BCUT2D eigenvalue weighted by Crippen LogP contribution is -2.11. The third-order valence-corrected chi connectivity index (χ3v) is 2.69. The Balaban J connectivity index is 2.23. The first-order valence-corrected chi connectivity index (χ1v) is 6.01. The first-order chi connectivity index (χ1) is 8.56. The van der Waals surface area contributed by atoms with Crippen molar-refractivity contribution in [1.29, 1.82) is 0 Å². The van der Waals surface area contributed by atoms with Gasteiger partial charge >= 0.3 is 0 Å². The van der Waals surface area contributed by atoms with Gasteiger partial charge in [0.15, 0.2) is 11.6 Å². The molecule has 0 radical (unpaired) electrons. The van der Waals surface area contributed by atoms with Gasteiger partial charge in [-0.3, -0.25) is 0 Å². The Labute approximate surface area is 116 Å². The second-order valence-corrected chi connectivity index (χ2v) is 4.64. The normalized spacial score (nSPS) is 10.1. The van der Waals surface area contributed by atoms with E-state index in [1.807, 2.05) is 0 Å². The fourth-order valence-electron chi connectivity index (χ4n) is 1.16. The minimum Gasteiger partial charge on any atom is -0.434 e. The monoisotopic (exact) mass is 327 g/mol. The van der Waals surface area contributed by atoms with E-state index < -0.39 is 5.82 Å². The average molecular weight is 328 g/mol. The van der Waals surface area contributed by atoms with Crippen LogP contribution in [-0.2, 0) is 0 Å². The average Bonchev–Trinajstić information content (AvgIpc) is 2.34. The van der Waals surface area contributed by atoms with Crippen LogP contribution < -0.4 is 10.5 Å². The summed E-state index contributed by atoms with van der Waals surface area (Å²) in [7, 11) is 0. The highest BCUT2D eigenvalue weighted by Crippen LogP contribution is 2.26. The van der Waals surface area contributed by atoms with Crippen LogP contribution in [0.25, 0.3) is 0 Å². The maximum atomic E-state index is 13.4. The van der Waals surface area contributed by atoms with Crippen molar-refractivity contribution < 1.29 is 9.13 Å². The van der Waals surface area contributed by atoms with Crippen LogP contribution in [0, 0.1) is 5.82 Å². The Morgan fingerprint density at radius 1 is 1.33 bits per heavy atom. The Morgan fingerprint density at radius 3 is 2.72 bits per heavy atom. The summed E-state index contributed by atoms with van der Waals surface area (Å²) in [5.41, 5.74) is 5.76. The molecule has 0 saturated heterocycles. The molecule has 0 bridgehead atoms. The first kappa shape index (κ1) is 12.8. The topological polar surface area (TPSA) is 61.0 Å². The first-order valence-electron chi connectivity index (χ1n) is 4.81. The van der Waals surface area contributed by atoms with Crippen molar-refractivity contribution in [2.24, 2.45) is 5.73 Å². The van der Waals surface area contributed by atoms with Crippen molar-refractivity contribution in [2.45, 2.75) is 0 Å². The summed E-state index contributed by atoms with van der Waals surface area (Å²) in [5.74, 6) is -0.271. The quantitative estimate of drug-likeness (QED) is 0.878. The van der Waals surface area contributed by atoms with Crippen LogP contribution in [0.5, 0.6) is 11.6 Å². The van der Waals surface area contributed by atoms with E-state index in [0.717, 1.165) is 0 Å². The smallest absolute Gasteiger partial charge is 0.238 e. The van der Waals surface area contributed by atoms with Gasteiger partial charge in [-0.1, -0.05) is 28.1 Å². The lowest BCUT2D eigenvalue weighted by Gasteiger charge is -2.06. The second-order valence-electron chi connectivity index (χ2n) is 3.28. The molecule has 92 valence electrons. The fourth-order valence-corrected chi connectivity index (χ4v) is 1.61. The minimum absolute atomic E-state index is 0.0572. The Morgan fingerprint density at radius 2 is 2.11 bits per heavy atom. The number of benzene rings is 1. The number of halogens is 2. The van der Waals surface area contributed by atoms with E-state index in [4.69, 9.17) is 22.7 Å². The Hall–Kier alpha value is -1.60. The van der Waals surface area contributed by atoms with Gasteiger partial charge < -0.3 is 10.5 Å². The molecule has 0 aliphatic heterocycles. The highest BCUT2D eigenvalue weighted by atomic mass is 79.9. The van der Waals surface area contributed by atoms with Gasteiger partial charge in [-0.2, -0.15) is 0 Å². The summed E-state index contributed by atoms with van der Waals surface area (Å²) < 4.78 is 19.4. The van der Waals surface area contributed by atoms with E-state index in [0.29, 0.717) is 10.2 Å². The summed E-state index contributed by atoms with van der Waals surface area (Å²) in [6, 6.07) is 4.36. The van der Waals surface area contributed by atoms with E-state index in [9.17, 15) is 4.39 Å². The number of aromatic nitrogens is 2. The highest BCUT2D eigenvalue weighted by Gasteiger charge is 2.07. The zero-order valence-electron chi connectivity index (χ0n) is 8.93. The molecule has 2 N–H and O–H groups in total. The summed E-state index contributed by atoms with van der Waals surface area (Å²) >= 11 is 7.97. The molecule has 7 heteroatoms. The zero-order valence-corrected chi connectivity index (χ0v) is 11.3. The van der Waals surface area contributed by atoms with Crippen molar-refractivity contribution in [3.63, 3.8) is 0 Å². The van der Waals surface area contributed by atoms with Gasteiger partial charge in [-0.05, 0) is 18.2 Å². The highest BCUT2D eigenvalue weighted by molar-refractivity contribution is 9.10. The third-order valence-electron chi connectivity index (χ3n) is 1.99. The number of hydrogen-bond acceptors (Lipinski definition) is 4. The van der Waals surface area contributed by atoms with Crippen LogP contribution in [-0.4, -0.2) is 15.0 Å². The molecule has 0 saturated carbocycles. The van der Waals surface area contributed by atoms with Crippen LogP contribution >= 0.6 is 28.1 Å². The predicted molar refractivity (Wildman–Crippen MR) is 72.1 cm³/mol.